The molecule has 0 saturated carbocycles. The number of carboxylic acid groups (broad SMARTS) is 1. The molecule has 1 unspecified atom stereocenters. The summed E-state index contributed by atoms with van der Waals surface area (Å²) in [4.78, 5) is 25.5. The molecule has 6 heteroatoms. The second-order valence-corrected chi connectivity index (χ2v) is 6.50. The highest BCUT2D eigenvalue weighted by atomic mass is 16.4. The summed E-state index contributed by atoms with van der Waals surface area (Å²) in [6, 6.07) is 0.546. The van der Waals surface area contributed by atoms with Crippen molar-refractivity contribution in [2.24, 2.45) is 5.92 Å². The average Bonchev–Trinajstić information content (AvgIpc) is 2.46. The minimum atomic E-state index is -0.959. The van der Waals surface area contributed by atoms with Crippen LogP contribution in [0.4, 0.5) is 0 Å². The fourth-order valence-electron chi connectivity index (χ4n) is 2.56. The average molecular weight is 324 g/mol. The molecule has 1 atom stereocenters. The molecule has 0 aliphatic carbocycles. The van der Waals surface area contributed by atoms with Crippen LogP contribution < -0.4 is 5.43 Å². The largest absolute Gasteiger partial charge is 0.503 e. The molecule has 0 saturated heterocycles. The normalized spacial score (nSPS) is 12.8. The molecule has 130 valence electrons. The number of pyridine rings is 1. The van der Waals surface area contributed by atoms with Gasteiger partial charge in [-0.1, -0.05) is 27.2 Å². The van der Waals surface area contributed by atoms with Crippen LogP contribution in [0.3, 0.4) is 0 Å². The molecule has 0 spiro atoms. The molecule has 23 heavy (non-hydrogen) atoms. The topological polar surface area (TPSA) is 82.8 Å². The number of hydrogen-bond donors (Lipinski definition) is 2. The lowest BCUT2D eigenvalue weighted by Crippen LogP contribution is -2.28. The number of hydrogen-bond acceptors (Lipinski definition) is 4. The lowest BCUT2D eigenvalue weighted by atomic mass is 10.0. The Bertz CT molecular complexity index is 580. The van der Waals surface area contributed by atoms with Crippen LogP contribution in [0.5, 0.6) is 5.75 Å². The van der Waals surface area contributed by atoms with E-state index in [0.717, 1.165) is 19.4 Å². The summed E-state index contributed by atoms with van der Waals surface area (Å²) in [6.07, 6.45) is 3.79. The van der Waals surface area contributed by atoms with Gasteiger partial charge in [-0.25, -0.2) is 4.79 Å². The van der Waals surface area contributed by atoms with E-state index in [-0.39, 0.29) is 5.92 Å². The van der Waals surface area contributed by atoms with Crippen molar-refractivity contribution in [3.63, 3.8) is 0 Å². The highest BCUT2D eigenvalue weighted by molar-refractivity contribution is 5.72. The molecule has 0 aliphatic rings. The van der Waals surface area contributed by atoms with Crippen molar-refractivity contribution in [3.8, 4) is 5.75 Å². The molecule has 1 aromatic rings. The van der Waals surface area contributed by atoms with Gasteiger partial charge in [0.1, 0.15) is 6.04 Å². The Kier molecular flexibility index (Phi) is 7.29. The van der Waals surface area contributed by atoms with E-state index in [4.69, 9.17) is 0 Å². The Hall–Kier alpha value is -1.82. The molecule has 0 amide bonds. The third-order valence-electron chi connectivity index (χ3n) is 3.78. The monoisotopic (exact) mass is 324 g/mol. The lowest BCUT2D eigenvalue weighted by Gasteiger charge is -2.25. The zero-order valence-corrected chi connectivity index (χ0v) is 14.5. The van der Waals surface area contributed by atoms with Crippen LogP contribution in [-0.2, 0) is 11.3 Å². The van der Waals surface area contributed by atoms with Gasteiger partial charge in [0, 0.05) is 18.3 Å². The maximum atomic E-state index is 11.8. The fourth-order valence-corrected chi connectivity index (χ4v) is 2.56. The maximum Gasteiger partial charge on any atom is 0.326 e. The van der Waals surface area contributed by atoms with E-state index in [1.54, 1.807) is 0 Å². The van der Waals surface area contributed by atoms with Gasteiger partial charge in [-0.2, -0.15) is 0 Å². The molecule has 0 aliphatic heterocycles. The van der Waals surface area contributed by atoms with Crippen LogP contribution in [0.15, 0.2) is 17.1 Å². The molecule has 1 rings (SSSR count). The summed E-state index contributed by atoms with van der Waals surface area (Å²) < 4.78 is 1.53. The zero-order chi connectivity index (χ0) is 17.6. The van der Waals surface area contributed by atoms with Gasteiger partial charge in [0.2, 0.25) is 5.43 Å². The van der Waals surface area contributed by atoms with Crippen LogP contribution in [-0.4, -0.2) is 39.2 Å². The highest BCUT2D eigenvalue weighted by Crippen LogP contribution is 2.22. The summed E-state index contributed by atoms with van der Waals surface area (Å²) in [7, 11) is 1.94. The number of unbranched alkanes of at least 4 members (excludes halogenated alkanes) is 1. The van der Waals surface area contributed by atoms with Crippen LogP contribution >= 0.6 is 0 Å². The third-order valence-corrected chi connectivity index (χ3v) is 3.78. The summed E-state index contributed by atoms with van der Waals surface area (Å²) in [6.45, 7) is 7.34. The summed E-state index contributed by atoms with van der Waals surface area (Å²) >= 11 is 0. The molecule has 6 nitrogen and oxygen atoms in total. The van der Waals surface area contributed by atoms with Crippen molar-refractivity contribution in [2.75, 3.05) is 13.6 Å². The molecule has 0 aromatic carbocycles. The van der Waals surface area contributed by atoms with E-state index < -0.39 is 23.2 Å². The zero-order valence-electron chi connectivity index (χ0n) is 14.5. The van der Waals surface area contributed by atoms with Gasteiger partial charge in [0.15, 0.2) is 5.75 Å². The summed E-state index contributed by atoms with van der Waals surface area (Å²) in [5.74, 6) is -1.19. The Morgan fingerprint density at radius 3 is 2.57 bits per heavy atom. The Labute approximate surface area is 137 Å². The minimum absolute atomic E-state index is 0.184. The number of aliphatic carboxylic acids is 1. The van der Waals surface area contributed by atoms with Crippen LogP contribution in [0, 0.1) is 5.92 Å². The van der Waals surface area contributed by atoms with E-state index in [1.165, 1.54) is 16.8 Å². The Morgan fingerprint density at radius 1 is 1.39 bits per heavy atom. The van der Waals surface area contributed by atoms with Crippen LogP contribution in [0.1, 0.15) is 51.8 Å². The molecule has 0 radical (unpaired) electrons. The SMILES string of the molecule is CCCCN(C)Cc1cc(=O)c(O)cn1C(CC(C)C)C(=O)O. The summed E-state index contributed by atoms with van der Waals surface area (Å²) in [5.41, 5.74) is 0.133. The van der Waals surface area contributed by atoms with E-state index in [1.807, 2.05) is 20.9 Å². The third kappa shape index (κ3) is 5.71. The number of carbonyl (C=O) groups is 1. The van der Waals surface area contributed by atoms with Gasteiger partial charge in [-0.3, -0.25) is 4.79 Å². The van der Waals surface area contributed by atoms with Gasteiger partial charge >= 0.3 is 5.97 Å². The number of aromatic nitrogens is 1. The van der Waals surface area contributed by atoms with Gasteiger partial charge in [0.25, 0.3) is 0 Å². The van der Waals surface area contributed by atoms with E-state index >= 15 is 0 Å². The lowest BCUT2D eigenvalue weighted by molar-refractivity contribution is -0.141. The number of nitrogens with zero attached hydrogens (tertiary/aromatic N) is 2. The highest BCUT2D eigenvalue weighted by Gasteiger charge is 2.23. The van der Waals surface area contributed by atoms with Crippen molar-refractivity contribution in [2.45, 2.75) is 52.6 Å². The quantitative estimate of drug-likeness (QED) is 0.729. The number of carboxylic acids is 1. The standard InChI is InChI=1S/C17H28N2O4/c1-5-6-7-18(4)10-13-9-15(20)16(21)11-19(13)14(17(22)23)8-12(2)3/h9,11-12,14,21H,5-8,10H2,1-4H3,(H,22,23). The van der Waals surface area contributed by atoms with Gasteiger partial charge in [-0.15, -0.1) is 0 Å². The number of aromatic hydroxyl groups is 1. The first-order valence-electron chi connectivity index (χ1n) is 8.11. The van der Waals surface area contributed by atoms with Gasteiger partial charge in [0.05, 0.1) is 6.20 Å². The smallest absolute Gasteiger partial charge is 0.326 e. The van der Waals surface area contributed by atoms with Crippen molar-refractivity contribution >= 4 is 5.97 Å². The minimum Gasteiger partial charge on any atom is -0.503 e. The molecular formula is C17H28N2O4. The van der Waals surface area contributed by atoms with Crippen molar-refractivity contribution in [1.82, 2.24) is 9.47 Å². The van der Waals surface area contributed by atoms with Crippen molar-refractivity contribution in [3.05, 3.63) is 28.2 Å². The Balaban J connectivity index is 3.19. The predicted octanol–water partition coefficient (Wildman–Crippen LogP) is 2.46. The van der Waals surface area contributed by atoms with E-state index in [2.05, 4.69) is 11.8 Å². The van der Waals surface area contributed by atoms with Crippen molar-refractivity contribution in [1.29, 1.82) is 0 Å². The second kappa shape index (κ2) is 8.72. The molecule has 0 bridgehead atoms. The maximum absolute atomic E-state index is 11.8. The van der Waals surface area contributed by atoms with E-state index in [9.17, 15) is 19.8 Å². The molecule has 1 heterocycles. The molecular weight excluding hydrogens is 296 g/mol. The van der Waals surface area contributed by atoms with Crippen LogP contribution in [0.2, 0.25) is 0 Å². The predicted molar refractivity (Wildman–Crippen MR) is 89.7 cm³/mol. The fraction of sp³-hybridized carbons (Fsp3) is 0.647. The second-order valence-electron chi connectivity index (χ2n) is 6.50. The molecule has 1 aromatic heterocycles. The van der Waals surface area contributed by atoms with Gasteiger partial charge in [-0.05, 0) is 32.4 Å². The first-order chi connectivity index (χ1) is 10.8. The molecule has 2 N–H and O–H groups in total. The Morgan fingerprint density at radius 2 is 2.04 bits per heavy atom. The van der Waals surface area contributed by atoms with Gasteiger partial charge < -0.3 is 19.7 Å². The van der Waals surface area contributed by atoms with Crippen LogP contribution in [0.25, 0.3) is 0 Å². The molecule has 0 fully saturated rings. The number of rotatable bonds is 9. The van der Waals surface area contributed by atoms with E-state index in [0.29, 0.717) is 18.7 Å². The first-order valence-corrected chi connectivity index (χ1v) is 8.11. The van der Waals surface area contributed by atoms with Crippen molar-refractivity contribution < 1.29 is 15.0 Å². The summed E-state index contributed by atoms with van der Waals surface area (Å²) in [5, 5.41) is 19.3. The first kappa shape index (κ1) is 19.2.